The minimum atomic E-state index is -3.53. The van der Waals surface area contributed by atoms with Gasteiger partial charge in [-0.1, -0.05) is 11.8 Å². The van der Waals surface area contributed by atoms with Crippen LogP contribution in [-0.4, -0.2) is 55.2 Å². The molecule has 0 aromatic carbocycles. The van der Waals surface area contributed by atoms with Crippen LogP contribution in [0.3, 0.4) is 0 Å². The summed E-state index contributed by atoms with van der Waals surface area (Å²) in [4.78, 5) is 15.2. The predicted octanol–water partition coefficient (Wildman–Crippen LogP) is 0.0684. The smallest absolute Gasteiger partial charge is 0.244 e. The zero-order valence-electron chi connectivity index (χ0n) is 11.6. The van der Waals surface area contributed by atoms with Crippen LogP contribution >= 0.6 is 11.8 Å². The quantitative estimate of drug-likeness (QED) is 0.766. The highest BCUT2D eigenvalue weighted by molar-refractivity contribution is 8.00. The van der Waals surface area contributed by atoms with Gasteiger partial charge < -0.3 is 10.5 Å². The van der Waals surface area contributed by atoms with Gasteiger partial charge in [-0.15, -0.1) is 0 Å². The van der Waals surface area contributed by atoms with E-state index in [1.807, 2.05) is 0 Å². The molecule has 1 aromatic rings. The van der Waals surface area contributed by atoms with Crippen LogP contribution in [0.4, 0.5) is 0 Å². The number of carbonyl (C=O) groups excluding carboxylic acids is 1. The molecule has 1 aromatic heterocycles. The summed E-state index contributed by atoms with van der Waals surface area (Å²) in [5.74, 6) is -0.438. The first-order valence-electron chi connectivity index (χ1n) is 6.41. The molecular weight excluding hydrogens is 314 g/mol. The molecule has 1 saturated heterocycles. The highest BCUT2D eigenvalue weighted by Crippen LogP contribution is 2.23. The van der Waals surface area contributed by atoms with Crippen molar-refractivity contribution in [3.8, 4) is 0 Å². The van der Waals surface area contributed by atoms with Crippen LogP contribution in [0.15, 0.2) is 28.3 Å². The summed E-state index contributed by atoms with van der Waals surface area (Å²) >= 11 is 1.19. The third kappa shape index (κ3) is 3.94. The van der Waals surface area contributed by atoms with Crippen molar-refractivity contribution in [2.45, 2.75) is 22.1 Å². The molecule has 1 aliphatic rings. The number of rotatable bonds is 5. The fourth-order valence-electron chi connectivity index (χ4n) is 1.76. The number of aromatic nitrogens is 1. The van der Waals surface area contributed by atoms with Gasteiger partial charge in [0.2, 0.25) is 15.9 Å². The van der Waals surface area contributed by atoms with Gasteiger partial charge in [0.1, 0.15) is 4.90 Å². The first-order valence-corrected chi connectivity index (χ1v) is 8.73. The largest absolute Gasteiger partial charge is 0.379 e. The molecule has 7 nitrogen and oxygen atoms in total. The van der Waals surface area contributed by atoms with Crippen molar-refractivity contribution in [1.29, 1.82) is 0 Å². The van der Waals surface area contributed by atoms with Gasteiger partial charge >= 0.3 is 0 Å². The standard InChI is InChI=1S/C12H17N3O4S2/c1-9(12(13)16)20-11-3-2-10(8-14-11)21(17,18)15-4-6-19-7-5-15/h2-3,8-9H,4-7H2,1H3,(H2,13,16)/t9-/m0/s1. The first kappa shape index (κ1) is 16.2. The zero-order valence-corrected chi connectivity index (χ0v) is 13.2. The maximum Gasteiger partial charge on any atom is 0.244 e. The maximum absolute atomic E-state index is 12.4. The molecule has 0 radical (unpaired) electrons. The van der Waals surface area contributed by atoms with Crippen LogP contribution in [-0.2, 0) is 19.6 Å². The Morgan fingerprint density at radius 3 is 2.62 bits per heavy atom. The van der Waals surface area contributed by atoms with Gasteiger partial charge in [0, 0.05) is 19.3 Å². The second kappa shape index (κ2) is 6.73. The lowest BCUT2D eigenvalue weighted by Crippen LogP contribution is -2.40. The highest BCUT2D eigenvalue weighted by atomic mass is 32.2. The molecule has 0 spiro atoms. The van der Waals surface area contributed by atoms with E-state index in [0.717, 1.165) is 0 Å². The summed E-state index contributed by atoms with van der Waals surface area (Å²) in [6, 6.07) is 3.07. The third-order valence-electron chi connectivity index (χ3n) is 3.02. The van der Waals surface area contributed by atoms with Crippen molar-refractivity contribution < 1.29 is 17.9 Å². The number of thioether (sulfide) groups is 1. The number of ether oxygens (including phenoxy) is 1. The number of amides is 1. The van der Waals surface area contributed by atoms with Crippen LogP contribution in [0.5, 0.6) is 0 Å². The third-order valence-corrected chi connectivity index (χ3v) is 5.97. The van der Waals surface area contributed by atoms with Crippen LogP contribution in [0.2, 0.25) is 0 Å². The van der Waals surface area contributed by atoms with Crippen LogP contribution in [0, 0.1) is 0 Å². The molecule has 1 amide bonds. The molecule has 1 fully saturated rings. The van der Waals surface area contributed by atoms with Crippen molar-refractivity contribution in [2.75, 3.05) is 26.3 Å². The molecule has 1 aliphatic heterocycles. The Morgan fingerprint density at radius 2 is 2.10 bits per heavy atom. The molecule has 2 N–H and O–H groups in total. The van der Waals surface area contributed by atoms with Crippen LogP contribution in [0.25, 0.3) is 0 Å². The monoisotopic (exact) mass is 331 g/mol. The Labute approximate surface area is 127 Å². The van der Waals surface area contributed by atoms with Crippen molar-refractivity contribution in [3.05, 3.63) is 18.3 Å². The van der Waals surface area contributed by atoms with E-state index in [1.165, 1.54) is 28.3 Å². The Balaban J connectivity index is 2.12. The summed E-state index contributed by atoms with van der Waals surface area (Å²) in [6.45, 7) is 3.16. The Morgan fingerprint density at radius 1 is 1.43 bits per heavy atom. The minimum Gasteiger partial charge on any atom is -0.379 e. The van der Waals surface area contributed by atoms with Gasteiger partial charge in [0.05, 0.1) is 23.5 Å². The van der Waals surface area contributed by atoms with Crippen LogP contribution in [0.1, 0.15) is 6.92 Å². The lowest BCUT2D eigenvalue weighted by molar-refractivity contribution is -0.117. The number of nitrogens with zero attached hydrogens (tertiary/aromatic N) is 2. The van der Waals surface area contributed by atoms with E-state index in [1.54, 1.807) is 13.0 Å². The lowest BCUT2D eigenvalue weighted by Gasteiger charge is -2.25. The van der Waals surface area contributed by atoms with Crippen molar-refractivity contribution in [2.24, 2.45) is 5.73 Å². The number of primary amides is 1. The Hall–Kier alpha value is -1.16. The number of pyridine rings is 1. The molecule has 2 heterocycles. The molecule has 2 rings (SSSR count). The van der Waals surface area contributed by atoms with Gasteiger partial charge in [-0.05, 0) is 19.1 Å². The summed E-state index contributed by atoms with van der Waals surface area (Å²) in [7, 11) is -3.53. The molecule has 116 valence electrons. The molecular formula is C12H17N3O4S2. The number of hydrogen-bond acceptors (Lipinski definition) is 6. The van der Waals surface area contributed by atoms with Crippen molar-refractivity contribution >= 4 is 27.7 Å². The first-order chi connectivity index (χ1) is 9.91. The van der Waals surface area contributed by atoms with Crippen LogP contribution < -0.4 is 5.73 Å². The van der Waals surface area contributed by atoms with Crippen molar-refractivity contribution in [1.82, 2.24) is 9.29 Å². The van der Waals surface area contributed by atoms with E-state index in [0.29, 0.717) is 31.3 Å². The highest BCUT2D eigenvalue weighted by Gasteiger charge is 2.26. The van der Waals surface area contributed by atoms with Gasteiger partial charge in [0.15, 0.2) is 0 Å². The molecule has 1 atom stereocenters. The molecule has 0 bridgehead atoms. The molecule has 0 aliphatic carbocycles. The van der Waals surface area contributed by atoms with Gasteiger partial charge in [-0.3, -0.25) is 4.79 Å². The predicted molar refractivity (Wildman–Crippen MR) is 78.3 cm³/mol. The Kier molecular flexibility index (Phi) is 5.20. The number of carbonyl (C=O) groups is 1. The van der Waals surface area contributed by atoms with E-state index >= 15 is 0 Å². The summed E-state index contributed by atoms with van der Waals surface area (Å²) in [6.07, 6.45) is 1.31. The van der Waals surface area contributed by atoms with E-state index in [2.05, 4.69) is 4.98 Å². The van der Waals surface area contributed by atoms with E-state index < -0.39 is 21.2 Å². The lowest BCUT2D eigenvalue weighted by atomic mass is 10.5. The minimum absolute atomic E-state index is 0.139. The normalized spacial score (nSPS) is 18.3. The fraction of sp³-hybridized carbons (Fsp3) is 0.500. The second-order valence-corrected chi connectivity index (χ2v) is 7.81. The van der Waals surface area contributed by atoms with Gasteiger partial charge in [-0.25, -0.2) is 13.4 Å². The molecule has 0 saturated carbocycles. The number of hydrogen-bond donors (Lipinski definition) is 1. The maximum atomic E-state index is 12.4. The van der Waals surface area contributed by atoms with Gasteiger partial charge in [-0.2, -0.15) is 4.31 Å². The topological polar surface area (TPSA) is 103 Å². The molecule has 21 heavy (non-hydrogen) atoms. The van der Waals surface area contributed by atoms with E-state index in [4.69, 9.17) is 10.5 Å². The average Bonchev–Trinajstić information content (AvgIpc) is 2.48. The summed E-state index contributed by atoms with van der Waals surface area (Å²) in [5, 5.41) is 0.140. The molecule has 9 heteroatoms. The molecule has 0 unspecified atom stereocenters. The number of morpholine rings is 1. The second-order valence-electron chi connectivity index (χ2n) is 4.51. The summed E-state index contributed by atoms with van der Waals surface area (Å²) in [5.41, 5.74) is 5.18. The van der Waals surface area contributed by atoms with Gasteiger partial charge in [0.25, 0.3) is 0 Å². The average molecular weight is 331 g/mol. The van der Waals surface area contributed by atoms with E-state index in [-0.39, 0.29) is 4.90 Å². The number of sulfonamides is 1. The van der Waals surface area contributed by atoms with E-state index in [9.17, 15) is 13.2 Å². The summed E-state index contributed by atoms with van der Waals surface area (Å²) < 4.78 is 31.3. The Bertz CT molecular complexity index is 597. The van der Waals surface area contributed by atoms with Crippen molar-refractivity contribution in [3.63, 3.8) is 0 Å². The fourth-order valence-corrected chi connectivity index (χ4v) is 3.86. The SMILES string of the molecule is C[C@H](Sc1ccc(S(=O)(=O)N2CCOCC2)cn1)C(N)=O. The zero-order chi connectivity index (χ0) is 15.5. The number of nitrogens with two attached hydrogens (primary N) is 1.